The molecule has 0 bridgehead atoms. The van der Waals surface area contributed by atoms with Crippen LogP contribution in [-0.4, -0.2) is 10.9 Å². The highest BCUT2D eigenvalue weighted by Gasteiger charge is 2.11. The van der Waals surface area contributed by atoms with Crippen LogP contribution in [0.5, 0.6) is 5.75 Å². The van der Waals surface area contributed by atoms with E-state index in [0.717, 1.165) is 12.1 Å². The molecule has 0 atom stereocenters. The third-order valence-electron chi connectivity index (χ3n) is 1.59. The van der Waals surface area contributed by atoms with Gasteiger partial charge in [-0.2, -0.15) is 5.26 Å². The van der Waals surface area contributed by atoms with Gasteiger partial charge in [0.15, 0.2) is 5.78 Å². The van der Waals surface area contributed by atoms with E-state index in [-0.39, 0.29) is 11.1 Å². The second-order valence-corrected chi connectivity index (χ2v) is 2.52. The summed E-state index contributed by atoms with van der Waals surface area (Å²) in [6, 6.07) is 3.37. The van der Waals surface area contributed by atoms with Crippen molar-refractivity contribution >= 4 is 5.78 Å². The van der Waals surface area contributed by atoms with Crippen molar-refractivity contribution in [1.82, 2.24) is 0 Å². The lowest BCUT2D eigenvalue weighted by atomic mass is 10.1. The van der Waals surface area contributed by atoms with Gasteiger partial charge in [-0.05, 0) is 13.0 Å². The number of Topliss-reactive ketones (excluding diaryl/α,β-unsaturated/α-hetero) is 1. The number of hydrogen-bond acceptors (Lipinski definition) is 3. The van der Waals surface area contributed by atoms with Crippen molar-refractivity contribution in [3.8, 4) is 11.8 Å². The fourth-order valence-electron chi connectivity index (χ4n) is 0.930. The van der Waals surface area contributed by atoms with Crippen LogP contribution in [0.1, 0.15) is 22.8 Å². The van der Waals surface area contributed by atoms with Crippen LogP contribution >= 0.6 is 0 Å². The summed E-state index contributed by atoms with van der Waals surface area (Å²) >= 11 is 0. The summed E-state index contributed by atoms with van der Waals surface area (Å²) in [6.45, 7) is 1.23. The number of aromatic hydroxyl groups is 1. The van der Waals surface area contributed by atoms with Crippen LogP contribution in [0.2, 0.25) is 0 Å². The highest BCUT2D eigenvalue weighted by Crippen LogP contribution is 2.21. The first kappa shape index (κ1) is 9.20. The smallest absolute Gasteiger partial charge is 0.163 e. The average Bonchev–Trinajstić information content (AvgIpc) is 2.03. The number of phenols is 1. The highest BCUT2D eigenvalue weighted by molar-refractivity contribution is 5.97. The van der Waals surface area contributed by atoms with E-state index in [9.17, 15) is 9.18 Å². The first-order chi connectivity index (χ1) is 6.06. The molecular weight excluding hydrogens is 173 g/mol. The Labute approximate surface area is 74.0 Å². The molecule has 1 rings (SSSR count). The van der Waals surface area contributed by atoms with Gasteiger partial charge in [-0.25, -0.2) is 4.39 Å². The first-order valence-electron chi connectivity index (χ1n) is 3.50. The molecule has 0 aliphatic rings. The zero-order valence-electron chi connectivity index (χ0n) is 6.84. The molecule has 0 fully saturated rings. The molecule has 13 heavy (non-hydrogen) atoms. The number of phenolic OH excluding ortho intramolecular Hbond substituents is 1. The maximum absolute atomic E-state index is 12.8. The van der Waals surface area contributed by atoms with Crippen molar-refractivity contribution in [2.45, 2.75) is 6.92 Å². The van der Waals surface area contributed by atoms with Crippen LogP contribution in [0, 0.1) is 17.1 Å². The summed E-state index contributed by atoms with van der Waals surface area (Å²) in [6.07, 6.45) is 0. The Morgan fingerprint density at radius 3 is 2.69 bits per heavy atom. The Balaban J connectivity index is 3.41. The van der Waals surface area contributed by atoms with Gasteiger partial charge in [0.1, 0.15) is 17.6 Å². The van der Waals surface area contributed by atoms with Gasteiger partial charge in [0, 0.05) is 6.07 Å². The second-order valence-electron chi connectivity index (χ2n) is 2.52. The number of halogens is 1. The monoisotopic (exact) mass is 179 g/mol. The van der Waals surface area contributed by atoms with E-state index in [1.807, 2.05) is 0 Å². The van der Waals surface area contributed by atoms with Gasteiger partial charge >= 0.3 is 0 Å². The molecule has 1 aromatic carbocycles. The number of nitriles is 1. The number of carbonyl (C=O) groups excluding carboxylic acids is 1. The quantitative estimate of drug-likeness (QED) is 0.666. The van der Waals surface area contributed by atoms with Gasteiger partial charge in [0.2, 0.25) is 0 Å². The predicted octanol–water partition coefficient (Wildman–Crippen LogP) is 1.61. The molecule has 0 spiro atoms. The minimum atomic E-state index is -0.829. The summed E-state index contributed by atoms with van der Waals surface area (Å²) in [5, 5.41) is 17.5. The molecule has 0 aromatic heterocycles. The molecule has 0 aliphatic carbocycles. The van der Waals surface area contributed by atoms with Crippen LogP contribution in [-0.2, 0) is 0 Å². The van der Waals surface area contributed by atoms with Crippen LogP contribution in [0.4, 0.5) is 4.39 Å². The zero-order valence-corrected chi connectivity index (χ0v) is 6.84. The molecule has 0 aliphatic heterocycles. The normalized spacial score (nSPS) is 9.31. The second kappa shape index (κ2) is 3.23. The maximum Gasteiger partial charge on any atom is 0.163 e. The molecule has 0 amide bonds. The van der Waals surface area contributed by atoms with Crippen molar-refractivity contribution in [2.75, 3.05) is 0 Å². The van der Waals surface area contributed by atoms with Crippen molar-refractivity contribution in [1.29, 1.82) is 5.26 Å². The molecule has 1 aromatic rings. The van der Waals surface area contributed by atoms with Gasteiger partial charge in [0.25, 0.3) is 0 Å². The van der Waals surface area contributed by atoms with Gasteiger partial charge in [-0.3, -0.25) is 4.79 Å². The van der Waals surface area contributed by atoms with Crippen molar-refractivity contribution < 1.29 is 14.3 Å². The lowest BCUT2D eigenvalue weighted by Crippen LogP contribution is -1.95. The number of hydrogen-bond donors (Lipinski definition) is 1. The van der Waals surface area contributed by atoms with Crippen molar-refractivity contribution in [3.05, 3.63) is 29.1 Å². The molecule has 0 saturated heterocycles. The molecule has 4 heteroatoms. The Morgan fingerprint density at radius 1 is 1.62 bits per heavy atom. The van der Waals surface area contributed by atoms with Gasteiger partial charge in [0.05, 0.1) is 11.1 Å². The molecule has 0 saturated carbocycles. The van der Waals surface area contributed by atoms with E-state index in [4.69, 9.17) is 10.4 Å². The standard InChI is InChI=1S/C9H6FNO2/c1-5(12)7-2-6(4-11)8(10)3-9(7)13/h2-3,13H,1H3. The molecule has 1 N–H and O–H groups in total. The SMILES string of the molecule is CC(=O)c1cc(C#N)c(F)cc1O. The Morgan fingerprint density at radius 2 is 2.23 bits per heavy atom. The Hall–Kier alpha value is -1.89. The molecule has 3 nitrogen and oxygen atoms in total. The van der Waals surface area contributed by atoms with E-state index in [0.29, 0.717) is 0 Å². The molecule has 0 radical (unpaired) electrons. The summed E-state index contributed by atoms with van der Waals surface area (Å²) in [5.74, 6) is -1.68. The molecule has 0 unspecified atom stereocenters. The summed E-state index contributed by atoms with van der Waals surface area (Å²) in [5.41, 5.74) is -0.291. The van der Waals surface area contributed by atoms with Crippen molar-refractivity contribution in [2.24, 2.45) is 0 Å². The number of nitrogens with zero attached hydrogens (tertiary/aromatic N) is 1. The largest absolute Gasteiger partial charge is 0.507 e. The van der Waals surface area contributed by atoms with Crippen LogP contribution < -0.4 is 0 Å². The average molecular weight is 179 g/mol. The van der Waals surface area contributed by atoms with E-state index in [1.165, 1.54) is 6.92 Å². The third-order valence-corrected chi connectivity index (χ3v) is 1.59. The topological polar surface area (TPSA) is 61.1 Å². The summed E-state index contributed by atoms with van der Waals surface area (Å²) < 4.78 is 12.8. The maximum atomic E-state index is 12.8. The number of rotatable bonds is 1. The fraction of sp³-hybridized carbons (Fsp3) is 0.111. The molecule has 0 heterocycles. The first-order valence-corrected chi connectivity index (χ1v) is 3.50. The van der Waals surface area contributed by atoms with E-state index < -0.39 is 17.3 Å². The highest BCUT2D eigenvalue weighted by atomic mass is 19.1. The van der Waals surface area contributed by atoms with E-state index >= 15 is 0 Å². The van der Waals surface area contributed by atoms with E-state index in [2.05, 4.69) is 0 Å². The Kier molecular flexibility index (Phi) is 2.29. The van der Waals surface area contributed by atoms with Crippen LogP contribution in [0.25, 0.3) is 0 Å². The molecular formula is C9H6FNO2. The Bertz CT molecular complexity index is 407. The van der Waals surface area contributed by atoms with Crippen LogP contribution in [0.3, 0.4) is 0 Å². The van der Waals surface area contributed by atoms with E-state index in [1.54, 1.807) is 6.07 Å². The molecule has 66 valence electrons. The minimum absolute atomic E-state index is 0.0436. The summed E-state index contributed by atoms with van der Waals surface area (Å²) in [7, 11) is 0. The van der Waals surface area contributed by atoms with Gasteiger partial charge < -0.3 is 5.11 Å². The number of ketones is 1. The van der Waals surface area contributed by atoms with Crippen molar-refractivity contribution in [3.63, 3.8) is 0 Å². The predicted molar refractivity (Wildman–Crippen MR) is 42.8 cm³/mol. The summed E-state index contributed by atoms with van der Waals surface area (Å²) in [4.78, 5) is 10.9. The lowest BCUT2D eigenvalue weighted by molar-refractivity contribution is 0.101. The fourth-order valence-corrected chi connectivity index (χ4v) is 0.930. The number of benzene rings is 1. The third kappa shape index (κ3) is 1.64. The zero-order chi connectivity index (χ0) is 10.0. The number of carbonyl (C=O) groups is 1. The van der Waals surface area contributed by atoms with Gasteiger partial charge in [-0.1, -0.05) is 0 Å². The van der Waals surface area contributed by atoms with Gasteiger partial charge in [-0.15, -0.1) is 0 Å². The van der Waals surface area contributed by atoms with Crippen LogP contribution in [0.15, 0.2) is 12.1 Å². The lowest BCUT2D eigenvalue weighted by Gasteiger charge is -2.01. The minimum Gasteiger partial charge on any atom is -0.507 e.